The number of fused-ring (bicyclic) bond motifs is 2. The number of cyclic esters (lactones) is 1. The molecule has 36 heavy (non-hydrogen) atoms. The highest BCUT2D eigenvalue weighted by molar-refractivity contribution is 8.00. The first-order chi connectivity index (χ1) is 17.6. The zero-order valence-corrected chi connectivity index (χ0v) is 20.6. The van der Waals surface area contributed by atoms with Gasteiger partial charge in [-0.05, 0) is 30.3 Å². The van der Waals surface area contributed by atoms with Gasteiger partial charge in [-0.15, -0.1) is 11.8 Å². The number of amides is 2. The molecule has 1 aromatic carbocycles. The second-order valence-electron chi connectivity index (χ2n) is 9.11. The van der Waals surface area contributed by atoms with Gasteiger partial charge < -0.3 is 25.0 Å². The number of carbonyl (C=O) groups excluding carboxylic acids is 2. The van der Waals surface area contributed by atoms with Crippen LogP contribution in [0.4, 0.5) is 21.9 Å². The summed E-state index contributed by atoms with van der Waals surface area (Å²) in [6.45, 7) is 3.74. The lowest BCUT2D eigenvalue weighted by molar-refractivity contribution is -0.113. The minimum Gasteiger partial charge on any atom is -0.481 e. The minimum atomic E-state index is -0.362. The number of methoxy groups -OCH3 is 1. The quantitative estimate of drug-likeness (QED) is 0.500. The van der Waals surface area contributed by atoms with Gasteiger partial charge in [0, 0.05) is 54.9 Å². The van der Waals surface area contributed by atoms with Crippen LogP contribution in [0.1, 0.15) is 0 Å². The highest BCUT2D eigenvalue weighted by atomic mass is 32.2. The summed E-state index contributed by atoms with van der Waals surface area (Å²) in [5.41, 5.74) is 4.24. The smallest absolute Gasteiger partial charge is 0.414 e. The van der Waals surface area contributed by atoms with Crippen LogP contribution in [0.15, 0.2) is 47.5 Å². The van der Waals surface area contributed by atoms with Crippen LogP contribution in [0.25, 0.3) is 11.0 Å². The number of anilines is 3. The lowest BCUT2D eigenvalue weighted by Crippen LogP contribution is -2.51. The molecule has 2 aromatic heterocycles. The number of hydrogen-bond donors (Lipinski definition) is 2. The predicted octanol–water partition coefficient (Wildman–Crippen LogP) is 2.73. The number of hydrogen-bond acceptors (Lipinski definition) is 9. The Morgan fingerprint density at radius 2 is 2.06 bits per heavy atom. The van der Waals surface area contributed by atoms with E-state index in [0.29, 0.717) is 30.6 Å². The van der Waals surface area contributed by atoms with E-state index in [1.807, 2.05) is 42.6 Å². The first-order valence-electron chi connectivity index (χ1n) is 11.9. The lowest BCUT2D eigenvalue weighted by Gasteiger charge is -2.41. The Labute approximate surface area is 212 Å². The van der Waals surface area contributed by atoms with E-state index in [-0.39, 0.29) is 18.1 Å². The predicted molar refractivity (Wildman–Crippen MR) is 138 cm³/mol. The van der Waals surface area contributed by atoms with Crippen LogP contribution in [0.3, 0.4) is 0 Å². The molecule has 2 N–H and O–H groups in total. The van der Waals surface area contributed by atoms with Crippen LogP contribution < -0.4 is 25.2 Å². The van der Waals surface area contributed by atoms with E-state index < -0.39 is 0 Å². The van der Waals surface area contributed by atoms with Crippen molar-refractivity contribution in [2.45, 2.75) is 11.0 Å². The summed E-state index contributed by atoms with van der Waals surface area (Å²) in [4.78, 5) is 38.1. The molecular formula is C25H26N6O4S. The largest absolute Gasteiger partial charge is 0.481 e. The summed E-state index contributed by atoms with van der Waals surface area (Å²) in [7, 11) is 1.61. The van der Waals surface area contributed by atoms with Crippen molar-refractivity contribution in [2.75, 3.05) is 60.7 Å². The van der Waals surface area contributed by atoms with Gasteiger partial charge in [-0.25, -0.2) is 9.78 Å². The number of nitrogens with one attached hydrogen (secondary N) is 2. The summed E-state index contributed by atoms with van der Waals surface area (Å²) in [5, 5.41) is 6.34. The molecule has 1 atom stereocenters. The second kappa shape index (κ2) is 9.47. The maximum Gasteiger partial charge on any atom is 0.414 e. The molecule has 0 radical (unpaired) electrons. The van der Waals surface area contributed by atoms with E-state index in [1.165, 1.54) is 11.8 Å². The van der Waals surface area contributed by atoms with Crippen molar-refractivity contribution in [3.8, 4) is 5.88 Å². The summed E-state index contributed by atoms with van der Waals surface area (Å²) in [6.07, 6.45) is 1.22. The molecule has 0 bridgehead atoms. The summed E-state index contributed by atoms with van der Waals surface area (Å²) < 4.78 is 10.9. The Kier molecular flexibility index (Phi) is 6.02. The third-order valence-electron chi connectivity index (χ3n) is 6.63. The summed E-state index contributed by atoms with van der Waals surface area (Å²) >= 11 is 1.50. The fraction of sp³-hybridized carbons (Fsp3) is 0.360. The molecule has 5 heterocycles. The molecule has 3 aromatic rings. The number of pyridine rings is 2. The van der Waals surface area contributed by atoms with Gasteiger partial charge in [-0.3, -0.25) is 14.7 Å². The molecule has 0 spiro atoms. The van der Waals surface area contributed by atoms with Gasteiger partial charge >= 0.3 is 6.09 Å². The Morgan fingerprint density at radius 3 is 2.92 bits per heavy atom. The van der Waals surface area contributed by atoms with E-state index in [9.17, 15) is 9.59 Å². The number of benzene rings is 1. The van der Waals surface area contributed by atoms with E-state index >= 15 is 0 Å². The zero-order valence-electron chi connectivity index (χ0n) is 19.8. The topological polar surface area (TPSA) is 109 Å². The Balaban J connectivity index is 1.00. The van der Waals surface area contributed by atoms with Gasteiger partial charge in [-0.2, -0.15) is 0 Å². The fourth-order valence-corrected chi connectivity index (χ4v) is 5.57. The van der Waals surface area contributed by atoms with Crippen molar-refractivity contribution in [1.29, 1.82) is 0 Å². The molecule has 3 aliphatic rings. The van der Waals surface area contributed by atoms with Crippen molar-refractivity contribution >= 4 is 51.9 Å². The number of nitrogens with zero attached hydrogens (tertiary/aromatic N) is 4. The molecule has 11 heteroatoms. The van der Waals surface area contributed by atoms with Crippen molar-refractivity contribution in [3.63, 3.8) is 0 Å². The molecule has 6 rings (SSSR count). The second-order valence-corrected chi connectivity index (χ2v) is 10.1. The number of ether oxygens (including phenoxy) is 2. The molecule has 2 fully saturated rings. The maximum atomic E-state index is 12.5. The fourth-order valence-electron chi connectivity index (χ4n) is 4.78. The number of rotatable bonds is 7. The number of carbonyl (C=O) groups is 2. The highest BCUT2D eigenvalue weighted by Gasteiger charge is 2.34. The van der Waals surface area contributed by atoms with Crippen LogP contribution in [0.2, 0.25) is 0 Å². The molecule has 186 valence electrons. The van der Waals surface area contributed by atoms with Crippen molar-refractivity contribution in [3.05, 3.63) is 42.6 Å². The third-order valence-corrected chi connectivity index (χ3v) is 7.70. The highest BCUT2D eigenvalue weighted by Crippen LogP contribution is 2.35. The van der Waals surface area contributed by atoms with Crippen molar-refractivity contribution < 1.29 is 19.1 Å². The molecule has 0 aliphatic carbocycles. The van der Waals surface area contributed by atoms with Crippen molar-refractivity contribution in [1.82, 2.24) is 15.3 Å². The monoisotopic (exact) mass is 506 g/mol. The first-order valence-corrected chi connectivity index (χ1v) is 12.9. The zero-order chi connectivity index (χ0) is 24.6. The molecule has 10 nitrogen and oxygen atoms in total. The van der Waals surface area contributed by atoms with Gasteiger partial charge in [0.1, 0.15) is 11.6 Å². The number of aromatic nitrogens is 2. The maximum absolute atomic E-state index is 12.5. The molecule has 3 aliphatic heterocycles. The summed E-state index contributed by atoms with van der Waals surface area (Å²) in [6, 6.07) is 11.4. The van der Waals surface area contributed by atoms with E-state index in [0.717, 1.165) is 52.6 Å². The number of thioether (sulfide) groups is 1. The van der Waals surface area contributed by atoms with Crippen molar-refractivity contribution in [2.24, 2.45) is 5.92 Å². The standard InChI is InChI=1S/C25H26N6O4S/c1-34-23-5-3-18-24(29-23)20(6-7-27-18)30-11-15(12-30)9-26-10-17-13-31(25(33)35-17)16-2-4-21-19(8-16)28-22(32)14-36-21/h2-8,15,17,26H,9-14H2,1H3,(H,28,32)/t17-/m1/s1. The van der Waals surface area contributed by atoms with Crippen LogP contribution in [0.5, 0.6) is 5.88 Å². The third kappa shape index (κ3) is 4.40. The molecule has 0 unspecified atom stereocenters. The van der Waals surface area contributed by atoms with Gasteiger partial charge in [0.25, 0.3) is 0 Å². The van der Waals surface area contributed by atoms with Crippen LogP contribution in [-0.2, 0) is 9.53 Å². The SMILES string of the molecule is COc1ccc2nccc(N3CC(CNC[C@@H]4CN(c5ccc6c(c5)NC(=O)CS6)C(=O)O4)C3)c2n1. The average Bonchev–Trinajstić information content (AvgIpc) is 3.24. The molecule has 2 amide bonds. The Bertz CT molecular complexity index is 1330. The lowest BCUT2D eigenvalue weighted by atomic mass is 9.99. The minimum absolute atomic E-state index is 0.0293. The Hall–Kier alpha value is -3.57. The van der Waals surface area contributed by atoms with Gasteiger partial charge in [-0.1, -0.05) is 0 Å². The Morgan fingerprint density at radius 1 is 1.17 bits per heavy atom. The van der Waals surface area contributed by atoms with Gasteiger partial charge in [0.15, 0.2) is 0 Å². The van der Waals surface area contributed by atoms with Gasteiger partial charge in [0.2, 0.25) is 11.8 Å². The van der Waals surface area contributed by atoms with E-state index in [2.05, 4.69) is 25.5 Å². The summed E-state index contributed by atoms with van der Waals surface area (Å²) in [5.74, 6) is 1.46. The van der Waals surface area contributed by atoms with Crippen LogP contribution >= 0.6 is 11.8 Å². The normalized spacial score (nSPS) is 19.6. The average molecular weight is 507 g/mol. The van der Waals surface area contributed by atoms with Crippen LogP contribution in [-0.4, -0.2) is 73.7 Å². The van der Waals surface area contributed by atoms with Gasteiger partial charge in [0.05, 0.1) is 36.3 Å². The van der Waals surface area contributed by atoms with E-state index in [4.69, 9.17) is 9.47 Å². The molecular weight excluding hydrogens is 480 g/mol. The van der Waals surface area contributed by atoms with E-state index in [1.54, 1.807) is 12.0 Å². The first kappa shape index (κ1) is 22.9. The molecule has 2 saturated heterocycles. The molecule has 0 saturated carbocycles. The van der Waals surface area contributed by atoms with Crippen LogP contribution in [0, 0.1) is 5.92 Å².